The largest absolute Gasteiger partial charge is 0.389 e. The summed E-state index contributed by atoms with van der Waals surface area (Å²) in [6, 6.07) is 10.3. The lowest BCUT2D eigenvalue weighted by atomic mass is 10.2. The number of rotatable bonds is 5. The maximum atomic E-state index is 12.5. The van der Waals surface area contributed by atoms with Gasteiger partial charge in [-0.1, -0.05) is 42.0 Å². The van der Waals surface area contributed by atoms with Crippen LogP contribution in [-0.4, -0.2) is 24.8 Å². The summed E-state index contributed by atoms with van der Waals surface area (Å²) in [5.74, 6) is 0. The van der Waals surface area contributed by atoms with Gasteiger partial charge in [-0.2, -0.15) is 4.31 Å². The van der Waals surface area contributed by atoms with Gasteiger partial charge in [0.25, 0.3) is 10.0 Å². The first-order chi connectivity index (χ1) is 9.82. The maximum Gasteiger partial charge on any atom is 0.252 e. The van der Waals surface area contributed by atoms with Crippen LogP contribution in [0.3, 0.4) is 0 Å². The van der Waals surface area contributed by atoms with Crippen LogP contribution in [0.5, 0.6) is 0 Å². The van der Waals surface area contributed by atoms with Crippen molar-refractivity contribution >= 4 is 50.2 Å². The fourth-order valence-corrected chi connectivity index (χ4v) is 4.60. The van der Waals surface area contributed by atoms with E-state index in [9.17, 15) is 8.42 Å². The maximum absolute atomic E-state index is 12.5. The van der Waals surface area contributed by atoms with Gasteiger partial charge in [0.1, 0.15) is 9.20 Å². The quantitative estimate of drug-likeness (QED) is 0.833. The van der Waals surface area contributed by atoms with E-state index in [2.05, 4.69) is 0 Å². The number of hydrogen-bond donors (Lipinski definition) is 1. The minimum Gasteiger partial charge on any atom is -0.389 e. The van der Waals surface area contributed by atoms with Crippen LogP contribution in [0.2, 0.25) is 5.02 Å². The van der Waals surface area contributed by atoms with Crippen molar-refractivity contribution in [2.75, 3.05) is 7.05 Å². The van der Waals surface area contributed by atoms with Gasteiger partial charge in [-0.25, -0.2) is 8.42 Å². The van der Waals surface area contributed by atoms with Crippen LogP contribution < -0.4 is 5.73 Å². The normalized spacial score (nSPS) is 11.8. The van der Waals surface area contributed by atoms with Crippen molar-refractivity contribution < 1.29 is 8.42 Å². The zero-order valence-electron chi connectivity index (χ0n) is 11.1. The average molecular weight is 361 g/mol. The highest BCUT2D eigenvalue weighted by Gasteiger charge is 2.23. The molecule has 2 aromatic rings. The number of hydrogen-bond acceptors (Lipinski definition) is 4. The fraction of sp³-hybridized carbons (Fsp3) is 0.154. The monoisotopic (exact) mass is 360 g/mol. The van der Waals surface area contributed by atoms with Gasteiger partial charge >= 0.3 is 0 Å². The molecule has 0 spiro atoms. The minimum absolute atomic E-state index is 0.190. The Bertz CT molecular complexity index is 771. The fourth-order valence-electron chi connectivity index (χ4n) is 1.70. The number of thiophene rings is 1. The highest BCUT2D eigenvalue weighted by Crippen LogP contribution is 2.26. The molecule has 1 aromatic heterocycles. The summed E-state index contributed by atoms with van der Waals surface area (Å²) in [6.07, 6.45) is 0. The Morgan fingerprint density at radius 1 is 1.33 bits per heavy atom. The van der Waals surface area contributed by atoms with E-state index in [4.69, 9.17) is 29.6 Å². The first kappa shape index (κ1) is 16.4. The van der Waals surface area contributed by atoms with Gasteiger partial charge in [0, 0.05) is 18.6 Å². The molecule has 0 amide bonds. The molecule has 112 valence electrons. The summed E-state index contributed by atoms with van der Waals surface area (Å²) in [7, 11) is -2.08. The van der Waals surface area contributed by atoms with Crippen LogP contribution in [0.1, 0.15) is 10.4 Å². The van der Waals surface area contributed by atoms with Crippen molar-refractivity contribution in [3.8, 4) is 0 Å². The van der Waals surface area contributed by atoms with E-state index in [1.165, 1.54) is 17.4 Å². The minimum atomic E-state index is -3.59. The molecule has 0 unspecified atom stereocenters. The van der Waals surface area contributed by atoms with Gasteiger partial charge in [-0.3, -0.25) is 0 Å². The summed E-state index contributed by atoms with van der Waals surface area (Å²) in [5.41, 5.74) is 6.25. The molecule has 1 aromatic carbocycles. The SMILES string of the molecule is CN(Cc1ccccc1Cl)S(=O)(=O)c1ccc(C(N)=S)s1. The molecule has 21 heavy (non-hydrogen) atoms. The van der Waals surface area contributed by atoms with Crippen molar-refractivity contribution in [2.24, 2.45) is 5.73 Å². The van der Waals surface area contributed by atoms with Crippen molar-refractivity contribution in [2.45, 2.75) is 10.8 Å². The summed E-state index contributed by atoms with van der Waals surface area (Å²) < 4.78 is 26.4. The molecule has 2 rings (SSSR count). The van der Waals surface area contributed by atoms with Gasteiger partial charge in [0.2, 0.25) is 0 Å². The first-order valence-electron chi connectivity index (χ1n) is 5.92. The second-order valence-corrected chi connectivity index (χ2v) is 8.54. The van der Waals surface area contributed by atoms with Gasteiger partial charge in [-0.05, 0) is 23.8 Å². The number of benzene rings is 1. The van der Waals surface area contributed by atoms with E-state index in [0.29, 0.717) is 9.90 Å². The van der Waals surface area contributed by atoms with Crippen molar-refractivity contribution in [3.63, 3.8) is 0 Å². The van der Waals surface area contributed by atoms with E-state index in [1.54, 1.807) is 24.3 Å². The Morgan fingerprint density at radius 2 is 2.00 bits per heavy atom. The molecular weight excluding hydrogens is 348 g/mol. The molecule has 0 radical (unpaired) electrons. The van der Waals surface area contributed by atoms with E-state index in [1.807, 2.05) is 6.07 Å². The molecule has 0 aliphatic heterocycles. The molecule has 0 saturated carbocycles. The van der Waals surface area contributed by atoms with Crippen LogP contribution in [0, 0.1) is 0 Å². The molecule has 4 nitrogen and oxygen atoms in total. The Balaban J connectivity index is 2.26. The van der Waals surface area contributed by atoms with E-state index >= 15 is 0 Å². The zero-order valence-corrected chi connectivity index (χ0v) is 14.3. The van der Waals surface area contributed by atoms with E-state index < -0.39 is 10.0 Å². The molecule has 1 heterocycles. The molecular formula is C13H13ClN2O2S3. The third-order valence-corrected chi connectivity index (χ3v) is 6.95. The topological polar surface area (TPSA) is 63.4 Å². The van der Waals surface area contributed by atoms with Gasteiger partial charge in [0.15, 0.2) is 0 Å². The molecule has 8 heteroatoms. The van der Waals surface area contributed by atoms with Crippen molar-refractivity contribution in [3.05, 3.63) is 51.9 Å². The Morgan fingerprint density at radius 3 is 2.57 bits per heavy atom. The number of halogens is 1. The van der Waals surface area contributed by atoms with Crippen molar-refractivity contribution in [1.82, 2.24) is 4.31 Å². The average Bonchev–Trinajstić information content (AvgIpc) is 2.91. The van der Waals surface area contributed by atoms with E-state index in [-0.39, 0.29) is 15.7 Å². The standard InChI is InChI=1S/C13H13ClN2O2S3/c1-16(8-9-4-2-3-5-10(9)14)21(17,18)12-7-6-11(20-12)13(15)19/h2-7H,8H2,1H3,(H2,15,19). The lowest BCUT2D eigenvalue weighted by molar-refractivity contribution is 0.468. The predicted octanol–water partition coefficient (Wildman–Crippen LogP) is 2.86. The molecule has 0 aliphatic carbocycles. The van der Waals surface area contributed by atoms with E-state index in [0.717, 1.165) is 16.9 Å². The number of nitrogens with two attached hydrogens (primary N) is 1. The molecule has 0 atom stereocenters. The van der Waals surface area contributed by atoms with Gasteiger partial charge in [-0.15, -0.1) is 11.3 Å². The molecule has 0 bridgehead atoms. The van der Waals surface area contributed by atoms with Gasteiger partial charge in [0.05, 0.1) is 4.88 Å². The predicted molar refractivity (Wildman–Crippen MR) is 90.3 cm³/mol. The Kier molecular flexibility index (Phi) is 5.00. The van der Waals surface area contributed by atoms with Crippen LogP contribution in [-0.2, 0) is 16.6 Å². The number of nitrogens with zero attached hydrogens (tertiary/aromatic N) is 1. The molecule has 0 saturated heterocycles. The van der Waals surface area contributed by atoms with Crippen LogP contribution >= 0.6 is 35.2 Å². The summed E-state index contributed by atoms with van der Waals surface area (Å²) >= 11 is 12.0. The molecule has 2 N–H and O–H groups in total. The van der Waals surface area contributed by atoms with Crippen molar-refractivity contribution in [1.29, 1.82) is 0 Å². The Labute approximate surface area is 138 Å². The van der Waals surface area contributed by atoms with Crippen LogP contribution in [0.15, 0.2) is 40.6 Å². The van der Waals surface area contributed by atoms with Crippen LogP contribution in [0.4, 0.5) is 0 Å². The third kappa shape index (κ3) is 3.61. The summed E-state index contributed by atoms with van der Waals surface area (Å²) in [5, 5.41) is 0.537. The Hall–Kier alpha value is -0.990. The summed E-state index contributed by atoms with van der Waals surface area (Å²) in [4.78, 5) is 0.768. The van der Waals surface area contributed by atoms with Crippen LogP contribution in [0.25, 0.3) is 0 Å². The first-order valence-corrected chi connectivity index (χ1v) is 8.96. The second-order valence-electron chi connectivity index (χ2n) is 4.34. The lowest BCUT2D eigenvalue weighted by Gasteiger charge is -2.16. The second kappa shape index (κ2) is 6.41. The number of sulfonamides is 1. The smallest absolute Gasteiger partial charge is 0.252 e. The summed E-state index contributed by atoms with van der Waals surface area (Å²) in [6.45, 7) is 0.197. The van der Waals surface area contributed by atoms with Gasteiger partial charge < -0.3 is 5.73 Å². The molecule has 0 fully saturated rings. The number of thiocarbonyl (C=S) groups is 1. The third-order valence-electron chi connectivity index (χ3n) is 2.84. The molecule has 0 aliphatic rings. The lowest BCUT2D eigenvalue weighted by Crippen LogP contribution is -2.25. The highest BCUT2D eigenvalue weighted by molar-refractivity contribution is 7.91. The highest BCUT2D eigenvalue weighted by atomic mass is 35.5. The zero-order chi connectivity index (χ0) is 15.6.